The number of ketones is 1. The Morgan fingerprint density at radius 1 is 1.15 bits per heavy atom. The Bertz CT molecular complexity index is 580. The Balaban J connectivity index is 1.82. The molecular weight excluding hydrogens is 313 g/mol. The monoisotopic (exact) mass is 327 g/mol. The van der Waals surface area contributed by atoms with Gasteiger partial charge in [-0.15, -0.1) is 11.3 Å². The van der Waals surface area contributed by atoms with Gasteiger partial charge in [-0.1, -0.05) is 23.2 Å². The maximum Gasteiger partial charge on any atom is 0.164 e. The van der Waals surface area contributed by atoms with Crippen LogP contribution in [0.25, 0.3) is 0 Å². The van der Waals surface area contributed by atoms with Crippen molar-refractivity contribution in [3.63, 3.8) is 0 Å². The molecule has 0 amide bonds. The van der Waals surface area contributed by atoms with Gasteiger partial charge in [0.05, 0.1) is 4.34 Å². The summed E-state index contributed by atoms with van der Waals surface area (Å²) in [5.41, 5.74) is 0.710. The lowest BCUT2D eigenvalue weighted by Crippen LogP contribution is -2.21. The molecule has 0 saturated carbocycles. The summed E-state index contributed by atoms with van der Waals surface area (Å²) < 4.78 is 0.797. The molecule has 0 radical (unpaired) electrons. The molecule has 0 fully saturated rings. The summed E-state index contributed by atoms with van der Waals surface area (Å²) in [6.07, 6.45) is 0.497. The SMILES string of the molecule is CN(CCC(=O)c1ccc(Cl)cc1)Cc1ccc(Cl)s1. The molecule has 106 valence electrons. The van der Waals surface area contributed by atoms with Crippen molar-refractivity contribution in [1.29, 1.82) is 0 Å². The number of carbonyl (C=O) groups is 1. The molecule has 0 aliphatic carbocycles. The number of thiophene rings is 1. The van der Waals surface area contributed by atoms with Crippen LogP contribution in [0.2, 0.25) is 9.36 Å². The van der Waals surface area contributed by atoms with Gasteiger partial charge in [0.25, 0.3) is 0 Å². The van der Waals surface area contributed by atoms with E-state index in [4.69, 9.17) is 23.2 Å². The molecule has 0 saturated heterocycles. The maximum atomic E-state index is 12.0. The van der Waals surface area contributed by atoms with E-state index in [2.05, 4.69) is 4.90 Å². The number of halogens is 2. The van der Waals surface area contributed by atoms with Crippen molar-refractivity contribution in [3.8, 4) is 0 Å². The molecular formula is C15H15Cl2NOS. The second kappa shape index (κ2) is 7.23. The van der Waals surface area contributed by atoms with Crippen molar-refractivity contribution in [2.45, 2.75) is 13.0 Å². The molecule has 0 N–H and O–H groups in total. The van der Waals surface area contributed by atoms with Gasteiger partial charge in [0.15, 0.2) is 5.78 Å². The van der Waals surface area contributed by atoms with Crippen LogP contribution in [0.15, 0.2) is 36.4 Å². The zero-order valence-corrected chi connectivity index (χ0v) is 13.4. The quantitative estimate of drug-likeness (QED) is 0.713. The highest BCUT2D eigenvalue weighted by Gasteiger charge is 2.08. The minimum Gasteiger partial charge on any atom is -0.301 e. The fourth-order valence-corrected chi connectivity index (χ4v) is 3.15. The fraction of sp³-hybridized carbons (Fsp3) is 0.267. The summed E-state index contributed by atoms with van der Waals surface area (Å²) in [5, 5.41) is 0.647. The topological polar surface area (TPSA) is 20.3 Å². The van der Waals surface area contributed by atoms with E-state index >= 15 is 0 Å². The standard InChI is InChI=1S/C15H15Cl2NOS/c1-18(10-13-6-7-15(17)20-13)9-8-14(19)11-2-4-12(16)5-3-11/h2-7H,8-10H2,1H3. The minimum atomic E-state index is 0.137. The van der Waals surface area contributed by atoms with Crippen LogP contribution >= 0.6 is 34.5 Å². The normalized spacial score (nSPS) is 11.0. The van der Waals surface area contributed by atoms with E-state index in [0.29, 0.717) is 17.0 Å². The first-order valence-corrected chi connectivity index (χ1v) is 7.83. The largest absolute Gasteiger partial charge is 0.301 e. The molecule has 0 spiro atoms. The van der Waals surface area contributed by atoms with E-state index in [9.17, 15) is 4.79 Å². The third-order valence-electron chi connectivity index (χ3n) is 2.94. The molecule has 1 aromatic heterocycles. The summed E-state index contributed by atoms with van der Waals surface area (Å²) in [5.74, 6) is 0.137. The first-order valence-electron chi connectivity index (χ1n) is 6.26. The van der Waals surface area contributed by atoms with Gasteiger partial charge in [-0.05, 0) is 43.4 Å². The van der Waals surface area contributed by atoms with Gasteiger partial charge in [-0.2, -0.15) is 0 Å². The number of rotatable bonds is 6. The third kappa shape index (κ3) is 4.60. The first kappa shape index (κ1) is 15.5. The molecule has 0 unspecified atom stereocenters. The Morgan fingerprint density at radius 2 is 1.85 bits per heavy atom. The Morgan fingerprint density at radius 3 is 2.45 bits per heavy atom. The lowest BCUT2D eigenvalue weighted by Gasteiger charge is -2.14. The zero-order valence-electron chi connectivity index (χ0n) is 11.1. The number of carbonyl (C=O) groups excluding carboxylic acids is 1. The van der Waals surface area contributed by atoms with E-state index in [1.807, 2.05) is 19.2 Å². The van der Waals surface area contributed by atoms with Crippen LogP contribution in [0, 0.1) is 0 Å². The van der Waals surface area contributed by atoms with E-state index in [0.717, 1.165) is 17.4 Å². The molecule has 1 heterocycles. The van der Waals surface area contributed by atoms with Crippen LogP contribution < -0.4 is 0 Å². The number of hydrogen-bond donors (Lipinski definition) is 0. The van der Waals surface area contributed by atoms with Crippen LogP contribution in [0.1, 0.15) is 21.7 Å². The summed E-state index contributed by atoms with van der Waals surface area (Å²) in [4.78, 5) is 15.4. The zero-order chi connectivity index (χ0) is 14.5. The van der Waals surface area contributed by atoms with Gasteiger partial charge in [0.2, 0.25) is 0 Å². The van der Waals surface area contributed by atoms with Crippen LogP contribution in [0.5, 0.6) is 0 Å². The molecule has 0 aliphatic rings. The molecule has 0 atom stereocenters. The van der Waals surface area contributed by atoms with Gasteiger partial charge in [0, 0.05) is 35.0 Å². The number of Topliss-reactive ketones (excluding diaryl/α,β-unsaturated/α-hetero) is 1. The van der Waals surface area contributed by atoms with Gasteiger partial charge in [0.1, 0.15) is 0 Å². The van der Waals surface area contributed by atoms with E-state index in [1.54, 1.807) is 35.6 Å². The van der Waals surface area contributed by atoms with E-state index in [1.165, 1.54) is 4.88 Å². The molecule has 0 aliphatic heterocycles. The lowest BCUT2D eigenvalue weighted by molar-refractivity contribution is 0.0968. The van der Waals surface area contributed by atoms with Crippen molar-refractivity contribution in [1.82, 2.24) is 4.90 Å². The van der Waals surface area contributed by atoms with Gasteiger partial charge < -0.3 is 4.90 Å². The van der Waals surface area contributed by atoms with Gasteiger partial charge in [-0.3, -0.25) is 4.79 Å². The average Bonchev–Trinajstić information content (AvgIpc) is 2.82. The van der Waals surface area contributed by atoms with Crippen molar-refractivity contribution in [2.75, 3.05) is 13.6 Å². The highest BCUT2D eigenvalue weighted by atomic mass is 35.5. The van der Waals surface area contributed by atoms with Crippen LogP contribution in [-0.2, 0) is 6.54 Å². The Labute approximate surface area is 132 Å². The van der Waals surface area contributed by atoms with Gasteiger partial charge >= 0.3 is 0 Å². The first-order chi connectivity index (χ1) is 9.54. The fourth-order valence-electron chi connectivity index (χ4n) is 1.85. The van der Waals surface area contributed by atoms with E-state index < -0.39 is 0 Å². The highest BCUT2D eigenvalue weighted by Crippen LogP contribution is 2.22. The summed E-state index contributed by atoms with van der Waals surface area (Å²) >= 11 is 13.3. The summed E-state index contributed by atoms with van der Waals surface area (Å²) in [6, 6.07) is 10.9. The van der Waals surface area contributed by atoms with Crippen molar-refractivity contribution in [2.24, 2.45) is 0 Å². The smallest absolute Gasteiger partial charge is 0.164 e. The van der Waals surface area contributed by atoms with Crippen LogP contribution in [-0.4, -0.2) is 24.3 Å². The molecule has 2 aromatic rings. The summed E-state index contributed by atoms with van der Waals surface area (Å²) in [6.45, 7) is 1.53. The predicted molar refractivity (Wildman–Crippen MR) is 86.1 cm³/mol. The van der Waals surface area contributed by atoms with Crippen molar-refractivity contribution in [3.05, 3.63) is 56.2 Å². The highest BCUT2D eigenvalue weighted by molar-refractivity contribution is 7.16. The lowest BCUT2D eigenvalue weighted by atomic mass is 10.1. The number of nitrogens with zero attached hydrogens (tertiary/aromatic N) is 1. The molecule has 1 aromatic carbocycles. The Kier molecular flexibility index (Phi) is 5.61. The predicted octanol–water partition coefficient (Wildman–Crippen LogP) is 4.76. The summed E-state index contributed by atoms with van der Waals surface area (Å²) in [7, 11) is 2.00. The van der Waals surface area contributed by atoms with Crippen LogP contribution in [0.4, 0.5) is 0 Å². The average molecular weight is 328 g/mol. The third-order valence-corrected chi connectivity index (χ3v) is 4.41. The van der Waals surface area contributed by atoms with Crippen molar-refractivity contribution < 1.29 is 4.79 Å². The van der Waals surface area contributed by atoms with Gasteiger partial charge in [-0.25, -0.2) is 0 Å². The van der Waals surface area contributed by atoms with Crippen molar-refractivity contribution >= 4 is 40.3 Å². The second-order valence-corrected chi connectivity index (χ2v) is 6.86. The molecule has 20 heavy (non-hydrogen) atoms. The van der Waals surface area contributed by atoms with E-state index in [-0.39, 0.29) is 5.78 Å². The molecule has 0 bridgehead atoms. The second-order valence-electron chi connectivity index (χ2n) is 4.62. The number of benzene rings is 1. The van der Waals surface area contributed by atoms with Crippen LogP contribution in [0.3, 0.4) is 0 Å². The molecule has 5 heteroatoms. The number of hydrogen-bond acceptors (Lipinski definition) is 3. The maximum absolute atomic E-state index is 12.0. The molecule has 2 rings (SSSR count). The Hall–Kier alpha value is -0.870. The minimum absolute atomic E-state index is 0.137. The molecule has 2 nitrogen and oxygen atoms in total.